The Morgan fingerprint density at radius 1 is 1.24 bits per heavy atom. The predicted molar refractivity (Wildman–Crippen MR) is 77.9 cm³/mol. The summed E-state index contributed by atoms with van der Waals surface area (Å²) in [6.45, 7) is 0.460. The van der Waals surface area contributed by atoms with Crippen molar-refractivity contribution in [3.05, 3.63) is 66.4 Å². The Morgan fingerprint density at radius 3 is 2.67 bits per heavy atom. The Morgan fingerprint density at radius 2 is 1.95 bits per heavy atom. The van der Waals surface area contributed by atoms with Crippen LogP contribution in [-0.4, -0.2) is 25.2 Å². The molecule has 3 rings (SSSR count). The lowest BCUT2D eigenvalue weighted by molar-refractivity contribution is 0.0951. The highest BCUT2D eigenvalue weighted by Gasteiger charge is 2.16. The molecule has 0 bridgehead atoms. The maximum Gasteiger partial charge on any atom is 0.256 e. The molecule has 0 unspecified atom stereocenters. The first kappa shape index (κ1) is 13.1. The van der Waals surface area contributed by atoms with Crippen molar-refractivity contribution >= 4 is 5.91 Å². The largest absolute Gasteiger partial charge is 0.348 e. The van der Waals surface area contributed by atoms with Gasteiger partial charge in [0.1, 0.15) is 11.4 Å². The average Bonchev–Trinajstić information content (AvgIpc) is 3.15. The van der Waals surface area contributed by atoms with Crippen LogP contribution in [0.15, 0.2) is 55.2 Å². The Bertz CT molecular complexity index is 731. The van der Waals surface area contributed by atoms with Crippen molar-refractivity contribution < 1.29 is 4.79 Å². The summed E-state index contributed by atoms with van der Waals surface area (Å²) in [4.78, 5) is 16.3. The third kappa shape index (κ3) is 2.69. The van der Waals surface area contributed by atoms with Crippen LogP contribution in [0, 0.1) is 0 Å². The van der Waals surface area contributed by atoms with Gasteiger partial charge < -0.3 is 9.88 Å². The summed E-state index contributed by atoms with van der Waals surface area (Å²) in [5, 5.41) is 7.07. The van der Waals surface area contributed by atoms with E-state index in [2.05, 4.69) is 15.4 Å². The Balaban J connectivity index is 1.80. The summed E-state index contributed by atoms with van der Waals surface area (Å²) in [7, 11) is 1.81. The molecular weight excluding hydrogens is 266 g/mol. The second kappa shape index (κ2) is 5.62. The summed E-state index contributed by atoms with van der Waals surface area (Å²) in [5.41, 5.74) is 1.55. The zero-order chi connectivity index (χ0) is 14.7. The predicted octanol–water partition coefficient (Wildman–Crippen LogP) is 1.54. The Hall–Kier alpha value is -2.89. The van der Waals surface area contributed by atoms with E-state index in [1.165, 1.54) is 0 Å². The van der Waals surface area contributed by atoms with Crippen LogP contribution < -0.4 is 5.32 Å². The number of carbonyl (C=O) groups excluding carboxylic acids is 1. The van der Waals surface area contributed by atoms with E-state index >= 15 is 0 Å². The summed E-state index contributed by atoms with van der Waals surface area (Å²) in [5.74, 6) is 0.593. The first-order valence-electron chi connectivity index (χ1n) is 6.58. The third-order valence-corrected chi connectivity index (χ3v) is 3.20. The number of hydrogen-bond donors (Lipinski definition) is 1. The van der Waals surface area contributed by atoms with E-state index in [0.717, 1.165) is 11.4 Å². The van der Waals surface area contributed by atoms with Gasteiger partial charge in [-0.3, -0.25) is 14.5 Å². The molecule has 0 aromatic carbocycles. The van der Waals surface area contributed by atoms with Crippen LogP contribution in [0.3, 0.4) is 0 Å². The molecule has 1 N–H and O–H groups in total. The standard InChI is InChI=1S/C15H15N5O/c1-19-15(20-8-2-3-9-20)13(11-18-19)14(21)17-10-12-4-6-16-7-5-12/h2-9,11H,10H2,1H3,(H,17,21). The maximum absolute atomic E-state index is 12.4. The van der Waals surface area contributed by atoms with Crippen LogP contribution in [0.5, 0.6) is 0 Å². The molecule has 3 heterocycles. The van der Waals surface area contributed by atoms with Crippen LogP contribution in [0.1, 0.15) is 15.9 Å². The van der Waals surface area contributed by atoms with E-state index < -0.39 is 0 Å². The van der Waals surface area contributed by atoms with Gasteiger partial charge in [0.05, 0.1) is 6.20 Å². The number of nitrogens with zero attached hydrogens (tertiary/aromatic N) is 4. The maximum atomic E-state index is 12.4. The first-order chi connectivity index (χ1) is 10.3. The fourth-order valence-corrected chi connectivity index (χ4v) is 2.15. The van der Waals surface area contributed by atoms with Crippen molar-refractivity contribution in [1.29, 1.82) is 0 Å². The number of nitrogens with one attached hydrogen (secondary N) is 1. The molecule has 0 fully saturated rings. The minimum absolute atomic E-state index is 0.149. The molecule has 6 nitrogen and oxygen atoms in total. The highest BCUT2D eigenvalue weighted by atomic mass is 16.1. The second-order valence-corrected chi connectivity index (χ2v) is 4.63. The lowest BCUT2D eigenvalue weighted by Crippen LogP contribution is -2.24. The molecule has 0 saturated carbocycles. The van der Waals surface area contributed by atoms with Crippen LogP contribution in [0.2, 0.25) is 0 Å². The Labute approximate surface area is 122 Å². The molecule has 0 spiro atoms. The summed E-state index contributed by atoms with van der Waals surface area (Å²) < 4.78 is 3.55. The summed E-state index contributed by atoms with van der Waals surface area (Å²) in [6, 6.07) is 7.56. The van der Waals surface area contributed by atoms with Crippen molar-refractivity contribution in [3.63, 3.8) is 0 Å². The zero-order valence-corrected chi connectivity index (χ0v) is 11.6. The smallest absolute Gasteiger partial charge is 0.256 e. The number of pyridine rings is 1. The number of amides is 1. The molecule has 3 aromatic heterocycles. The van der Waals surface area contributed by atoms with E-state index in [9.17, 15) is 4.79 Å². The van der Waals surface area contributed by atoms with Gasteiger partial charge in [-0.1, -0.05) is 0 Å². The van der Waals surface area contributed by atoms with E-state index in [0.29, 0.717) is 12.1 Å². The molecule has 3 aromatic rings. The van der Waals surface area contributed by atoms with Crippen molar-refractivity contribution in [1.82, 2.24) is 24.6 Å². The first-order valence-corrected chi connectivity index (χ1v) is 6.58. The normalized spacial score (nSPS) is 10.5. The molecule has 21 heavy (non-hydrogen) atoms. The third-order valence-electron chi connectivity index (χ3n) is 3.20. The second-order valence-electron chi connectivity index (χ2n) is 4.63. The van der Waals surface area contributed by atoms with E-state index in [4.69, 9.17) is 0 Å². The van der Waals surface area contributed by atoms with Crippen LogP contribution in [-0.2, 0) is 13.6 Å². The lowest BCUT2D eigenvalue weighted by atomic mass is 10.2. The highest BCUT2D eigenvalue weighted by molar-refractivity contribution is 5.97. The fraction of sp³-hybridized carbons (Fsp3) is 0.133. The molecule has 0 saturated heterocycles. The van der Waals surface area contributed by atoms with Gasteiger partial charge in [-0.2, -0.15) is 5.10 Å². The average molecular weight is 281 g/mol. The molecule has 0 aliphatic carbocycles. The number of carbonyl (C=O) groups is 1. The Kier molecular flexibility index (Phi) is 3.51. The molecule has 0 aliphatic rings. The van der Waals surface area contributed by atoms with Gasteiger partial charge in [-0.05, 0) is 29.8 Å². The van der Waals surface area contributed by atoms with Crippen molar-refractivity contribution in [2.24, 2.45) is 7.05 Å². The quantitative estimate of drug-likeness (QED) is 0.789. The monoisotopic (exact) mass is 281 g/mol. The van der Waals surface area contributed by atoms with Gasteiger partial charge in [-0.15, -0.1) is 0 Å². The topological polar surface area (TPSA) is 64.7 Å². The van der Waals surface area contributed by atoms with Crippen molar-refractivity contribution in [3.8, 4) is 5.82 Å². The summed E-state index contributed by atoms with van der Waals surface area (Å²) >= 11 is 0. The fourth-order valence-electron chi connectivity index (χ4n) is 2.15. The number of aromatic nitrogens is 4. The van der Waals surface area contributed by atoms with E-state index in [1.807, 2.05) is 48.3 Å². The van der Waals surface area contributed by atoms with E-state index in [-0.39, 0.29) is 5.91 Å². The molecule has 0 atom stereocenters. The molecule has 6 heteroatoms. The SMILES string of the molecule is Cn1ncc(C(=O)NCc2ccncc2)c1-n1cccc1. The van der Waals surface area contributed by atoms with Crippen molar-refractivity contribution in [2.75, 3.05) is 0 Å². The van der Waals surface area contributed by atoms with Crippen LogP contribution >= 0.6 is 0 Å². The molecule has 106 valence electrons. The van der Waals surface area contributed by atoms with Gasteiger partial charge in [0.2, 0.25) is 0 Å². The zero-order valence-electron chi connectivity index (χ0n) is 11.6. The van der Waals surface area contributed by atoms with Gasteiger partial charge in [0.25, 0.3) is 5.91 Å². The highest BCUT2D eigenvalue weighted by Crippen LogP contribution is 2.13. The van der Waals surface area contributed by atoms with Gasteiger partial charge in [0, 0.05) is 38.4 Å². The minimum atomic E-state index is -0.149. The van der Waals surface area contributed by atoms with Gasteiger partial charge in [0.15, 0.2) is 0 Å². The number of rotatable bonds is 4. The summed E-state index contributed by atoms with van der Waals surface area (Å²) in [6.07, 6.45) is 8.76. The molecular formula is C15H15N5O. The van der Waals surface area contributed by atoms with Crippen LogP contribution in [0.4, 0.5) is 0 Å². The lowest BCUT2D eigenvalue weighted by Gasteiger charge is -2.08. The van der Waals surface area contributed by atoms with Gasteiger partial charge >= 0.3 is 0 Å². The molecule has 1 amide bonds. The number of aryl methyl sites for hydroxylation is 1. The van der Waals surface area contributed by atoms with Gasteiger partial charge in [-0.25, -0.2) is 0 Å². The van der Waals surface area contributed by atoms with Crippen molar-refractivity contribution in [2.45, 2.75) is 6.54 Å². The molecule has 0 aliphatic heterocycles. The van der Waals surface area contributed by atoms with Crippen LogP contribution in [0.25, 0.3) is 5.82 Å². The molecule has 0 radical (unpaired) electrons. The number of hydrogen-bond acceptors (Lipinski definition) is 3. The van der Waals surface area contributed by atoms with E-state index in [1.54, 1.807) is 23.3 Å². The minimum Gasteiger partial charge on any atom is -0.348 e.